The fourth-order valence-corrected chi connectivity index (χ4v) is 3.40. The van der Waals surface area contributed by atoms with Crippen LogP contribution in [0.5, 0.6) is 0 Å². The monoisotopic (exact) mass is 371 g/mol. The van der Waals surface area contributed by atoms with Crippen molar-refractivity contribution in [3.8, 4) is 0 Å². The SMILES string of the molecule is Cc1cccc(N2C(=O)C(=O)/C(=C(/O)c3ccncc3)C2c2cccnc2)c1. The number of aryl methyl sites for hydroxylation is 1. The van der Waals surface area contributed by atoms with Crippen LogP contribution in [0.15, 0.2) is 78.9 Å². The maximum atomic E-state index is 12.9. The largest absolute Gasteiger partial charge is 0.507 e. The number of rotatable bonds is 3. The minimum absolute atomic E-state index is 0.0331. The molecule has 1 N–H and O–H groups in total. The van der Waals surface area contributed by atoms with Crippen LogP contribution in [0, 0.1) is 6.92 Å². The van der Waals surface area contributed by atoms with E-state index in [1.807, 2.05) is 25.1 Å². The molecule has 0 bridgehead atoms. The van der Waals surface area contributed by atoms with Gasteiger partial charge in [0.15, 0.2) is 0 Å². The minimum Gasteiger partial charge on any atom is -0.507 e. The molecule has 3 aromatic rings. The Labute approximate surface area is 161 Å². The standard InChI is InChI=1S/C22H17N3O3/c1-14-4-2-6-17(12-14)25-19(16-5-3-9-24-13-16)18(21(27)22(25)28)20(26)15-7-10-23-11-8-15/h2-13,19,26H,1H3/b20-18+. The van der Waals surface area contributed by atoms with Crippen LogP contribution in [0.4, 0.5) is 5.69 Å². The molecule has 0 saturated carbocycles. The Morgan fingerprint density at radius 2 is 1.79 bits per heavy atom. The molecule has 0 spiro atoms. The van der Waals surface area contributed by atoms with Crippen molar-refractivity contribution in [2.24, 2.45) is 0 Å². The summed E-state index contributed by atoms with van der Waals surface area (Å²) in [5.41, 5.74) is 2.64. The van der Waals surface area contributed by atoms with Crippen LogP contribution in [0.3, 0.4) is 0 Å². The van der Waals surface area contributed by atoms with Gasteiger partial charge in [0.25, 0.3) is 11.7 Å². The number of carbonyl (C=O) groups excluding carboxylic acids is 2. The number of benzene rings is 1. The van der Waals surface area contributed by atoms with Gasteiger partial charge in [-0.2, -0.15) is 0 Å². The molecular weight excluding hydrogens is 354 g/mol. The van der Waals surface area contributed by atoms with Crippen molar-refractivity contribution in [1.29, 1.82) is 0 Å². The van der Waals surface area contributed by atoms with Crippen molar-refractivity contribution in [1.82, 2.24) is 9.97 Å². The number of nitrogens with zero attached hydrogens (tertiary/aromatic N) is 3. The molecule has 138 valence electrons. The zero-order valence-corrected chi connectivity index (χ0v) is 15.1. The lowest BCUT2D eigenvalue weighted by atomic mass is 9.96. The summed E-state index contributed by atoms with van der Waals surface area (Å²) in [6, 6.07) is 13.3. The molecule has 0 radical (unpaired) electrons. The van der Waals surface area contributed by atoms with E-state index < -0.39 is 17.7 Å². The van der Waals surface area contributed by atoms with Crippen LogP contribution in [0.25, 0.3) is 5.76 Å². The molecule has 2 aromatic heterocycles. The lowest BCUT2D eigenvalue weighted by Crippen LogP contribution is -2.29. The number of aliphatic hydroxyl groups excluding tert-OH is 1. The van der Waals surface area contributed by atoms with Gasteiger partial charge in [0, 0.05) is 36.0 Å². The molecule has 1 aliphatic heterocycles. The molecule has 6 heteroatoms. The Morgan fingerprint density at radius 1 is 1.00 bits per heavy atom. The van der Waals surface area contributed by atoms with Crippen molar-refractivity contribution in [2.45, 2.75) is 13.0 Å². The summed E-state index contributed by atoms with van der Waals surface area (Å²) in [7, 11) is 0. The lowest BCUT2D eigenvalue weighted by molar-refractivity contribution is -0.132. The number of pyridine rings is 2. The number of ketones is 1. The molecular formula is C22H17N3O3. The van der Waals surface area contributed by atoms with Crippen molar-refractivity contribution in [2.75, 3.05) is 4.90 Å². The first kappa shape index (κ1) is 17.6. The Morgan fingerprint density at radius 3 is 2.46 bits per heavy atom. The first-order valence-corrected chi connectivity index (χ1v) is 8.76. The van der Waals surface area contributed by atoms with Gasteiger partial charge in [0.05, 0.1) is 11.6 Å². The Kier molecular flexibility index (Phi) is 4.45. The molecule has 1 atom stereocenters. The minimum atomic E-state index is -0.774. The highest BCUT2D eigenvalue weighted by Crippen LogP contribution is 2.41. The third-order valence-electron chi connectivity index (χ3n) is 4.68. The smallest absolute Gasteiger partial charge is 0.300 e. The van der Waals surface area contributed by atoms with Gasteiger partial charge in [0.1, 0.15) is 5.76 Å². The van der Waals surface area contributed by atoms with E-state index in [-0.39, 0.29) is 11.3 Å². The zero-order valence-electron chi connectivity index (χ0n) is 15.1. The van der Waals surface area contributed by atoms with E-state index >= 15 is 0 Å². The van der Waals surface area contributed by atoms with Gasteiger partial charge in [-0.15, -0.1) is 0 Å². The Bertz CT molecular complexity index is 1080. The Hall–Kier alpha value is -3.80. The van der Waals surface area contributed by atoms with E-state index in [1.54, 1.807) is 42.7 Å². The van der Waals surface area contributed by atoms with Gasteiger partial charge in [-0.25, -0.2) is 0 Å². The van der Waals surface area contributed by atoms with Gasteiger partial charge >= 0.3 is 0 Å². The highest BCUT2D eigenvalue weighted by molar-refractivity contribution is 6.51. The van der Waals surface area contributed by atoms with E-state index in [0.29, 0.717) is 16.8 Å². The van der Waals surface area contributed by atoms with E-state index in [4.69, 9.17) is 0 Å². The summed E-state index contributed by atoms with van der Waals surface area (Å²) in [6.07, 6.45) is 6.25. The predicted octanol–water partition coefficient (Wildman–Crippen LogP) is 3.41. The van der Waals surface area contributed by atoms with Crippen LogP contribution in [-0.2, 0) is 9.59 Å². The third-order valence-corrected chi connectivity index (χ3v) is 4.68. The van der Waals surface area contributed by atoms with Crippen LogP contribution in [0.2, 0.25) is 0 Å². The zero-order chi connectivity index (χ0) is 19.7. The number of carbonyl (C=O) groups is 2. The fourth-order valence-electron chi connectivity index (χ4n) is 3.40. The van der Waals surface area contributed by atoms with Gasteiger partial charge in [-0.3, -0.25) is 24.5 Å². The topological polar surface area (TPSA) is 83.4 Å². The first-order valence-electron chi connectivity index (χ1n) is 8.76. The molecule has 1 fully saturated rings. The maximum Gasteiger partial charge on any atom is 0.300 e. The van der Waals surface area contributed by atoms with Crippen LogP contribution in [-0.4, -0.2) is 26.8 Å². The van der Waals surface area contributed by atoms with E-state index in [2.05, 4.69) is 9.97 Å². The van der Waals surface area contributed by atoms with E-state index in [1.165, 1.54) is 17.3 Å². The average molecular weight is 371 g/mol. The molecule has 1 aromatic carbocycles. The fraction of sp³-hybridized carbons (Fsp3) is 0.0909. The second-order valence-corrected chi connectivity index (χ2v) is 6.53. The molecule has 0 aliphatic carbocycles. The van der Waals surface area contributed by atoms with Crippen LogP contribution >= 0.6 is 0 Å². The Balaban J connectivity index is 1.95. The van der Waals surface area contributed by atoms with Gasteiger partial charge in [-0.05, 0) is 48.4 Å². The second-order valence-electron chi connectivity index (χ2n) is 6.53. The van der Waals surface area contributed by atoms with E-state index in [0.717, 1.165) is 5.56 Å². The molecule has 6 nitrogen and oxygen atoms in total. The summed E-state index contributed by atoms with van der Waals surface area (Å²) in [5, 5.41) is 10.9. The first-order chi connectivity index (χ1) is 13.6. The molecule has 1 aliphatic rings. The van der Waals surface area contributed by atoms with Crippen LogP contribution < -0.4 is 4.90 Å². The maximum absolute atomic E-state index is 12.9. The number of anilines is 1. The van der Waals surface area contributed by atoms with Crippen molar-refractivity contribution < 1.29 is 14.7 Å². The highest BCUT2D eigenvalue weighted by Gasteiger charge is 2.47. The van der Waals surface area contributed by atoms with Gasteiger partial charge in [-0.1, -0.05) is 18.2 Å². The lowest BCUT2D eigenvalue weighted by Gasteiger charge is -2.25. The molecule has 4 rings (SSSR count). The molecule has 1 saturated heterocycles. The molecule has 1 unspecified atom stereocenters. The van der Waals surface area contributed by atoms with Crippen molar-refractivity contribution >= 4 is 23.1 Å². The number of amides is 1. The number of aromatic nitrogens is 2. The number of Topliss-reactive ketones (excluding diaryl/α,β-unsaturated/α-hetero) is 1. The number of aliphatic hydroxyl groups is 1. The summed E-state index contributed by atoms with van der Waals surface area (Å²) in [5.74, 6) is -1.65. The van der Waals surface area contributed by atoms with Gasteiger partial charge in [0.2, 0.25) is 0 Å². The van der Waals surface area contributed by atoms with Crippen molar-refractivity contribution in [3.05, 3.63) is 95.6 Å². The predicted molar refractivity (Wildman–Crippen MR) is 104 cm³/mol. The summed E-state index contributed by atoms with van der Waals surface area (Å²) < 4.78 is 0. The average Bonchev–Trinajstić information content (AvgIpc) is 3.00. The normalized spacial score (nSPS) is 18.5. The molecule has 28 heavy (non-hydrogen) atoms. The summed E-state index contributed by atoms with van der Waals surface area (Å²) in [6.45, 7) is 1.91. The van der Waals surface area contributed by atoms with Gasteiger partial charge < -0.3 is 5.11 Å². The number of hydrogen-bond donors (Lipinski definition) is 1. The highest BCUT2D eigenvalue weighted by atomic mass is 16.3. The third kappa shape index (κ3) is 2.95. The molecule has 1 amide bonds. The van der Waals surface area contributed by atoms with Crippen LogP contribution in [0.1, 0.15) is 22.7 Å². The van der Waals surface area contributed by atoms with E-state index in [9.17, 15) is 14.7 Å². The van der Waals surface area contributed by atoms with Crippen molar-refractivity contribution in [3.63, 3.8) is 0 Å². The number of hydrogen-bond acceptors (Lipinski definition) is 5. The second kappa shape index (κ2) is 7.08. The summed E-state index contributed by atoms with van der Waals surface area (Å²) in [4.78, 5) is 35.3. The summed E-state index contributed by atoms with van der Waals surface area (Å²) >= 11 is 0. The molecule has 3 heterocycles. The quantitative estimate of drug-likeness (QED) is 0.433.